The molecule has 0 fully saturated rings. The summed E-state index contributed by atoms with van der Waals surface area (Å²) in [5, 5.41) is 2.86. The number of carbonyl (C=O) groups excluding carboxylic acids is 1. The summed E-state index contributed by atoms with van der Waals surface area (Å²) in [6, 6.07) is 0. The van der Waals surface area contributed by atoms with Crippen LogP contribution in [-0.4, -0.2) is 17.8 Å². The zero-order chi connectivity index (χ0) is 9.78. The van der Waals surface area contributed by atoms with E-state index in [0.29, 0.717) is 0 Å². The Morgan fingerprint density at radius 3 is 2.33 bits per heavy atom. The van der Waals surface area contributed by atoms with Crippen LogP contribution in [0.5, 0.6) is 0 Å². The lowest BCUT2D eigenvalue weighted by Crippen LogP contribution is -2.25. The molecule has 0 radical (unpaired) electrons. The summed E-state index contributed by atoms with van der Waals surface area (Å²) < 4.78 is 35.2. The second kappa shape index (κ2) is 4.08. The van der Waals surface area contributed by atoms with Crippen molar-refractivity contribution in [3.8, 4) is 0 Å². The van der Waals surface area contributed by atoms with Crippen molar-refractivity contribution >= 4 is 11.6 Å². The van der Waals surface area contributed by atoms with Crippen molar-refractivity contribution < 1.29 is 18.0 Å². The lowest BCUT2D eigenvalue weighted by atomic mass is 10.4. The van der Waals surface area contributed by atoms with Crippen LogP contribution in [0, 0.1) is 0 Å². The first-order valence-corrected chi connectivity index (χ1v) is 3.28. The van der Waals surface area contributed by atoms with Crippen molar-refractivity contribution in [3.05, 3.63) is 0 Å². The molecule has 0 unspecified atom stereocenters. The number of amides is 1. The van der Waals surface area contributed by atoms with E-state index in [9.17, 15) is 18.0 Å². The maximum absolute atomic E-state index is 11.7. The average Bonchev–Trinajstić information content (AvgIpc) is 1.97. The Kier molecular flexibility index (Phi) is 3.72. The van der Waals surface area contributed by atoms with Crippen LogP contribution in [0.1, 0.15) is 20.3 Å². The van der Waals surface area contributed by atoms with Crippen LogP contribution in [-0.2, 0) is 4.79 Å². The second-order valence-corrected chi connectivity index (χ2v) is 2.08. The van der Waals surface area contributed by atoms with Crippen molar-refractivity contribution in [2.24, 2.45) is 5.10 Å². The van der Waals surface area contributed by atoms with E-state index in [0.717, 1.165) is 6.92 Å². The van der Waals surface area contributed by atoms with E-state index in [1.54, 1.807) is 5.43 Å². The summed E-state index contributed by atoms with van der Waals surface area (Å²) in [5.74, 6) is -0.543. The van der Waals surface area contributed by atoms with Gasteiger partial charge in [0.15, 0.2) is 0 Å². The highest BCUT2D eigenvalue weighted by atomic mass is 19.4. The third-order valence-electron chi connectivity index (χ3n) is 1.08. The van der Waals surface area contributed by atoms with Gasteiger partial charge in [0, 0.05) is 6.42 Å². The number of carbonyl (C=O) groups is 1. The summed E-state index contributed by atoms with van der Waals surface area (Å²) in [5.41, 5.74) is 0.702. The van der Waals surface area contributed by atoms with Crippen LogP contribution in [0.15, 0.2) is 5.10 Å². The summed E-state index contributed by atoms with van der Waals surface area (Å²) in [4.78, 5) is 10.5. The molecule has 0 aromatic heterocycles. The number of nitrogens with one attached hydrogen (secondary N) is 1. The quantitative estimate of drug-likeness (QED) is 0.509. The maximum Gasteiger partial charge on any atom is 0.430 e. The van der Waals surface area contributed by atoms with Gasteiger partial charge in [0.05, 0.1) is 0 Å². The van der Waals surface area contributed by atoms with Gasteiger partial charge in [0.1, 0.15) is 5.71 Å². The van der Waals surface area contributed by atoms with E-state index in [4.69, 9.17) is 0 Å². The molecule has 0 aliphatic heterocycles. The van der Waals surface area contributed by atoms with Gasteiger partial charge in [0.2, 0.25) is 5.91 Å². The fourth-order valence-electron chi connectivity index (χ4n) is 0.289. The van der Waals surface area contributed by atoms with E-state index >= 15 is 0 Å². The number of halogens is 3. The van der Waals surface area contributed by atoms with Crippen LogP contribution in [0.2, 0.25) is 0 Å². The number of nitrogens with zero attached hydrogens (tertiary/aromatic N) is 1. The smallest absolute Gasteiger partial charge is 0.273 e. The molecule has 3 nitrogen and oxygen atoms in total. The number of rotatable bonds is 2. The van der Waals surface area contributed by atoms with E-state index < -0.39 is 17.8 Å². The molecular formula is C6H9F3N2O. The summed E-state index contributed by atoms with van der Waals surface area (Å²) in [6.45, 7) is 2.31. The van der Waals surface area contributed by atoms with E-state index in [2.05, 4.69) is 5.10 Å². The number of hydrogen-bond acceptors (Lipinski definition) is 2. The van der Waals surface area contributed by atoms with E-state index in [1.165, 1.54) is 6.92 Å². The highest BCUT2D eigenvalue weighted by Crippen LogP contribution is 2.16. The Bertz CT molecular complexity index is 197. The van der Waals surface area contributed by atoms with Gasteiger partial charge < -0.3 is 0 Å². The SMILES string of the molecule is CCC(=O)N/N=C(\C)C(F)(F)F. The molecule has 0 atom stereocenters. The van der Waals surface area contributed by atoms with Crippen molar-refractivity contribution in [3.63, 3.8) is 0 Å². The Balaban J connectivity index is 4.11. The Morgan fingerprint density at radius 2 is 2.00 bits per heavy atom. The molecule has 1 N–H and O–H groups in total. The topological polar surface area (TPSA) is 41.5 Å². The molecule has 0 aliphatic carbocycles. The van der Waals surface area contributed by atoms with Crippen LogP contribution in [0.3, 0.4) is 0 Å². The van der Waals surface area contributed by atoms with Gasteiger partial charge >= 0.3 is 6.18 Å². The Hall–Kier alpha value is -1.07. The number of hydrogen-bond donors (Lipinski definition) is 1. The van der Waals surface area contributed by atoms with Crippen LogP contribution >= 0.6 is 0 Å². The predicted octanol–water partition coefficient (Wildman–Crippen LogP) is 1.45. The van der Waals surface area contributed by atoms with Crippen molar-refractivity contribution in [2.75, 3.05) is 0 Å². The number of alkyl halides is 3. The fraction of sp³-hybridized carbons (Fsp3) is 0.667. The zero-order valence-electron chi connectivity index (χ0n) is 6.70. The Labute approximate surface area is 67.6 Å². The summed E-state index contributed by atoms with van der Waals surface area (Å²) >= 11 is 0. The lowest BCUT2D eigenvalue weighted by molar-refractivity contribution is -0.120. The minimum atomic E-state index is -4.47. The van der Waals surface area contributed by atoms with Gasteiger partial charge in [-0.25, -0.2) is 5.43 Å². The van der Waals surface area contributed by atoms with E-state index in [1.807, 2.05) is 0 Å². The van der Waals surface area contributed by atoms with Crippen molar-refractivity contribution in [2.45, 2.75) is 26.4 Å². The third-order valence-corrected chi connectivity index (χ3v) is 1.08. The number of hydrazone groups is 1. The second-order valence-electron chi connectivity index (χ2n) is 2.08. The minimum Gasteiger partial charge on any atom is -0.273 e. The summed E-state index contributed by atoms with van der Waals surface area (Å²) in [7, 11) is 0. The molecule has 0 aromatic rings. The monoisotopic (exact) mass is 182 g/mol. The standard InChI is InChI=1S/C6H9F3N2O/c1-3-5(12)11-10-4(2)6(7,8)9/h3H2,1-2H3,(H,11,12)/b10-4+. The molecular weight excluding hydrogens is 173 g/mol. The molecule has 0 spiro atoms. The predicted molar refractivity (Wildman–Crippen MR) is 37.6 cm³/mol. The van der Waals surface area contributed by atoms with Crippen LogP contribution < -0.4 is 5.43 Å². The van der Waals surface area contributed by atoms with Gasteiger partial charge in [0.25, 0.3) is 0 Å². The maximum atomic E-state index is 11.7. The fourth-order valence-corrected chi connectivity index (χ4v) is 0.289. The molecule has 6 heteroatoms. The third kappa shape index (κ3) is 3.95. The van der Waals surface area contributed by atoms with Gasteiger partial charge in [-0.2, -0.15) is 18.3 Å². The van der Waals surface area contributed by atoms with Crippen LogP contribution in [0.4, 0.5) is 13.2 Å². The molecule has 0 saturated carbocycles. The van der Waals surface area contributed by atoms with Gasteiger partial charge in [-0.3, -0.25) is 4.79 Å². The Morgan fingerprint density at radius 1 is 1.50 bits per heavy atom. The van der Waals surface area contributed by atoms with Gasteiger partial charge in [-0.1, -0.05) is 6.92 Å². The molecule has 12 heavy (non-hydrogen) atoms. The largest absolute Gasteiger partial charge is 0.430 e. The van der Waals surface area contributed by atoms with Crippen molar-refractivity contribution in [1.29, 1.82) is 0 Å². The molecule has 0 bridgehead atoms. The lowest BCUT2D eigenvalue weighted by Gasteiger charge is -2.04. The normalized spacial score (nSPS) is 12.9. The summed E-state index contributed by atoms with van der Waals surface area (Å²) in [6.07, 6.45) is -4.37. The molecule has 0 aromatic carbocycles. The van der Waals surface area contributed by atoms with E-state index in [-0.39, 0.29) is 6.42 Å². The van der Waals surface area contributed by atoms with Crippen LogP contribution in [0.25, 0.3) is 0 Å². The minimum absolute atomic E-state index is 0.106. The first-order chi connectivity index (χ1) is 5.38. The molecule has 70 valence electrons. The first kappa shape index (κ1) is 10.9. The highest BCUT2D eigenvalue weighted by molar-refractivity contribution is 5.88. The molecule has 0 aliphatic rings. The molecule has 0 saturated heterocycles. The highest BCUT2D eigenvalue weighted by Gasteiger charge is 2.32. The van der Waals surface area contributed by atoms with Gasteiger partial charge in [-0.05, 0) is 6.92 Å². The van der Waals surface area contributed by atoms with Gasteiger partial charge in [-0.15, -0.1) is 0 Å². The van der Waals surface area contributed by atoms with Crippen molar-refractivity contribution in [1.82, 2.24) is 5.43 Å². The zero-order valence-corrected chi connectivity index (χ0v) is 6.70. The molecule has 0 heterocycles. The first-order valence-electron chi connectivity index (χ1n) is 3.28. The molecule has 1 amide bonds. The molecule has 0 rings (SSSR count). The average molecular weight is 182 g/mol.